The van der Waals surface area contributed by atoms with Crippen molar-refractivity contribution in [2.75, 3.05) is 29.9 Å². The number of nitrogens with zero attached hydrogens (tertiary/aromatic N) is 2. The van der Waals surface area contributed by atoms with Crippen molar-refractivity contribution < 1.29 is 14.3 Å². The second-order valence-corrected chi connectivity index (χ2v) is 11.7. The van der Waals surface area contributed by atoms with E-state index in [1.807, 2.05) is 80.3 Å². The van der Waals surface area contributed by atoms with Gasteiger partial charge in [-0.05, 0) is 80.5 Å². The maximum atomic E-state index is 13.1. The minimum Gasteiger partial charge on any atom is -0.444 e. The molecule has 0 spiro atoms. The number of hydrogen-bond donors (Lipinski definition) is 1. The van der Waals surface area contributed by atoms with Gasteiger partial charge in [0.15, 0.2) is 0 Å². The molecule has 1 N–H and O–H groups in total. The summed E-state index contributed by atoms with van der Waals surface area (Å²) in [6, 6.07) is 26.1. The first-order chi connectivity index (χ1) is 18.6. The summed E-state index contributed by atoms with van der Waals surface area (Å²) in [5.74, 6) is 0.369. The Morgan fingerprint density at radius 1 is 0.949 bits per heavy atom. The number of nitrogens with one attached hydrogen (secondary N) is 1. The molecule has 4 rings (SSSR count). The van der Waals surface area contributed by atoms with Crippen molar-refractivity contribution in [3.05, 3.63) is 95.0 Å². The molecular weight excluding hydrogens is 510 g/mol. The topological polar surface area (TPSA) is 61.9 Å². The highest BCUT2D eigenvalue weighted by Gasteiger charge is 2.38. The number of halogens is 1. The van der Waals surface area contributed by atoms with E-state index in [1.54, 1.807) is 0 Å². The average molecular weight is 548 g/mol. The zero-order chi connectivity index (χ0) is 28.0. The van der Waals surface area contributed by atoms with Gasteiger partial charge in [-0.1, -0.05) is 60.1 Å². The minimum atomic E-state index is -0.549. The molecule has 0 saturated carbocycles. The van der Waals surface area contributed by atoms with Crippen LogP contribution in [0.1, 0.15) is 38.8 Å². The molecule has 206 valence electrons. The van der Waals surface area contributed by atoms with E-state index in [4.69, 9.17) is 16.3 Å². The normalized spacial score (nSPS) is 17.1. The molecular formula is C32H38ClN3O3. The lowest BCUT2D eigenvalue weighted by molar-refractivity contribution is -0.114. The van der Waals surface area contributed by atoms with E-state index in [2.05, 4.69) is 34.5 Å². The van der Waals surface area contributed by atoms with Crippen LogP contribution >= 0.6 is 11.6 Å². The van der Waals surface area contributed by atoms with Crippen molar-refractivity contribution in [1.82, 2.24) is 4.90 Å². The third kappa shape index (κ3) is 8.24. The standard InChI is InChI=1S/C32H38ClN3O3/c1-23(37)34-30-13-9-8-12-25(30)19-35(29-16-14-28(33)15-17-29)21-27-22-36(31(38)39-32(2,3)4)20-26(27)18-24-10-6-5-7-11-24/h5-17,26-27H,18-22H2,1-4H3,(H,34,37)/t26-,27+/m1/s1. The zero-order valence-electron chi connectivity index (χ0n) is 23.2. The first-order valence-electron chi connectivity index (χ1n) is 13.5. The highest BCUT2D eigenvalue weighted by atomic mass is 35.5. The van der Waals surface area contributed by atoms with Gasteiger partial charge >= 0.3 is 6.09 Å². The van der Waals surface area contributed by atoms with Gasteiger partial charge in [-0.25, -0.2) is 4.79 Å². The second-order valence-electron chi connectivity index (χ2n) is 11.3. The van der Waals surface area contributed by atoms with Gasteiger partial charge in [-0.2, -0.15) is 0 Å². The number of carbonyl (C=O) groups is 2. The van der Waals surface area contributed by atoms with E-state index >= 15 is 0 Å². The number of likely N-dealkylation sites (tertiary alicyclic amines) is 1. The van der Waals surface area contributed by atoms with Crippen LogP contribution in [0.2, 0.25) is 5.02 Å². The first kappa shape index (κ1) is 28.5. The van der Waals surface area contributed by atoms with E-state index in [0.29, 0.717) is 24.7 Å². The van der Waals surface area contributed by atoms with Crippen LogP contribution in [0.3, 0.4) is 0 Å². The molecule has 3 aromatic rings. The Labute approximate surface area is 236 Å². The van der Waals surface area contributed by atoms with Crippen molar-refractivity contribution in [1.29, 1.82) is 0 Å². The number of anilines is 2. The first-order valence-corrected chi connectivity index (χ1v) is 13.8. The molecule has 1 heterocycles. The van der Waals surface area contributed by atoms with Crippen molar-refractivity contribution in [2.24, 2.45) is 11.8 Å². The van der Waals surface area contributed by atoms with Gasteiger partial charge in [-0.3, -0.25) is 4.79 Å². The molecule has 0 aliphatic carbocycles. The average Bonchev–Trinajstić information content (AvgIpc) is 3.27. The van der Waals surface area contributed by atoms with Crippen LogP contribution in [0.25, 0.3) is 0 Å². The number of carbonyl (C=O) groups excluding carboxylic acids is 2. The van der Waals surface area contributed by atoms with Crippen LogP contribution in [0.15, 0.2) is 78.9 Å². The van der Waals surface area contributed by atoms with E-state index in [0.717, 1.165) is 29.9 Å². The second kappa shape index (κ2) is 12.6. The van der Waals surface area contributed by atoms with E-state index in [9.17, 15) is 9.59 Å². The lowest BCUT2D eigenvalue weighted by Gasteiger charge is -2.31. The van der Waals surface area contributed by atoms with Crippen molar-refractivity contribution in [2.45, 2.75) is 46.3 Å². The van der Waals surface area contributed by atoms with E-state index in [-0.39, 0.29) is 23.8 Å². The molecule has 0 bridgehead atoms. The Hall–Kier alpha value is -3.51. The maximum Gasteiger partial charge on any atom is 0.410 e. The van der Waals surface area contributed by atoms with Gasteiger partial charge in [-0.15, -0.1) is 0 Å². The lowest BCUT2D eigenvalue weighted by atomic mass is 9.89. The molecule has 2 atom stereocenters. The Bertz CT molecular complexity index is 1260. The molecule has 7 heteroatoms. The molecule has 6 nitrogen and oxygen atoms in total. The predicted octanol–water partition coefficient (Wildman–Crippen LogP) is 7.03. The molecule has 1 aliphatic rings. The highest BCUT2D eigenvalue weighted by molar-refractivity contribution is 6.30. The van der Waals surface area contributed by atoms with Crippen molar-refractivity contribution in [3.8, 4) is 0 Å². The van der Waals surface area contributed by atoms with Gasteiger partial charge < -0.3 is 19.9 Å². The fraction of sp³-hybridized carbons (Fsp3) is 0.375. The third-order valence-electron chi connectivity index (χ3n) is 6.90. The Kier molecular flexibility index (Phi) is 9.18. The maximum absolute atomic E-state index is 13.1. The molecule has 0 aromatic heterocycles. The van der Waals surface area contributed by atoms with Crippen LogP contribution in [0, 0.1) is 11.8 Å². The number of hydrogen-bond acceptors (Lipinski definition) is 4. The molecule has 1 saturated heterocycles. The van der Waals surface area contributed by atoms with Gasteiger partial charge in [0.05, 0.1) is 0 Å². The quantitative estimate of drug-likeness (QED) is 0.329. The number of amides is 2. The summed E-state index contributed by atoms with van der Waals surface area (Å²) in [5, 5.41) is 3.64. The molecule has 0 unspecified atom stereocenters. The Morgan fingerprint density at radius 3 is 2.26 bits per heavy atom. The monoisotopic (exact) mass is 547 g/mol. The minimum absolute atomic E-state index is 0.104. The van der Waals surface area contributed by atoms with E-state index in [1.165, 1.54) is 12.5 Å². The lowest BCUT2D eigenvalue weighted by Crippen LogP contribution is -2.36. The SMILES string of the molecule is CC(=O)Nc1ccccc1CN(C[C@H]1CN(C(=O)OC(C)(C)C)C[C@H]1Cc1ccccc1)c1ccc(Cl)cc1. The summed E-state index contributed by atoms with van der Waals surface area (Å²) in [5.41, 5.74) is 3.56. The fourth-order valence-corrected chi connectivity index (χ4v) is 5.27. The Morgan fingerprint density at radius 2 is 1.59 bits per heavy atom. The van der Waals surface area contributed by atoms with E-state index < -0.39 is 5.60 Å². The predicted molar refractivity (Wildman–Crippen MR) is 158 cm³/mol. The number of ether oxygens (including phenoxy) is 1. The van der Waals surface area contributed by atoms with Crippen molar-refractivity contribution in [3.63, 3.8) is 0 Å². The van der Waals surface area contributed by atoms with Crippen LogP contribution in [-0.2, 0) is 22.5 Å². The van der Waals surface area contributed by atoms with Crippen LogP contribution in [0.5, 0.6) is 0 Å². The summed E-state index contributed by atoms with van der Waals surface area (Å²) >= 11 is 6.23. The summed E-state index contributed by atoms with van der Waals surface area (Å²) in [4.78, 5) is 29.1. The van der Waals surface area contributed by atoms with Gasteiger partial charge in [0.25, 0.3) is 0 Å². The molecule has 0 radical (unpaired) electrons. The summed E-state index contributed by atoms with van der Waals surface area (Å²) in [7, 11) is 0. The molecule has 3 aromatic carbocycles. The largest absolute Gasteiger partial charge is 0.444 e. The molecule has 2 amide bonds. The summed E-state index contributed by atoms with van der Waals surface area (Å²) in [6.07, 6.45) is 0.610. The number of para-hydroxylation sites is 1. The third-order valence-corrected chi connectivity index (χ3v) is 7.16. The van der Waals surface area contributed by atoms with Crippen LogP contribution in [0.4, 0.5) is 16.2 Å². The number of benzene rings is 3. The zero-order valence-corrected chi connectivity index (χ0v) is 23.9. The Balaban J connectivity index is 1.63. The fourth-order valence-electron chi connectivity index (χ4n) is 5.14. The summed E-state index contributed by atoms with van der Waals surface area (Å²) in [6.45, 7) is 9.80. The van der Waals surface area contributed by atoms with Gasteiger partial charge in [0, 0.05) is 49.5 Å². The van der Waals surface area contributed by atoms with Crippen LogP contribution < -0.4 is 10.2 Å². The van der Waals surface area contributed by atoms with Gasteiger partial charge in [0.2, 0.25) is 5.91 Å². The summed E-state index contributed by atoms with van der Waals surface area (Å²) < 4.78 is 5.74. The number of rotatable bonds is 8. The molecule has 1 fully saturated rings. The molecule has 1 aliphatic heterocycles. The van der Waals surface area contributed by atoms with Gasteiger partial charge in [0.1, 0.15) is 5.60 Å². The van der Waals surface area contributed by atoms with Crippen molar-refractivity contribution >= 4 is 35.0 Å². The smallest absolute Gasteiger partial charge is 0.410 e. The molecule has 39 heavy (non-hydrogen) atoms. The van der Waals surface area contributed by atoms with Crippen LogP contribution in [-0.4, -0.2) is 42.1 Å². The highest BCUT2D eigenvalue weighted by Crippen LogP contribution is 2.32.